The van der Waals surface area contributed by atoms with Crippen molar-refractivity contribution in [2.24, 2.45) is 0 Å². The third-order valence-corrected chi connectivity index (χ3v) is 6.31. The van der Waals surface area contributed by atoms with Crippen LogP contribution < -0.4 is 5.32 Å². The molecule has 0 bridgehead atoms. The van der Waals surface area contributed by atoms with E-state index in [4.69, 9.17) is 4.98 Å². The fraction of sp³-hybridized carbons (Fsp3) is 0.0357. The summed E-state index contributed by atoms with van der Waals surface area (Å²) in [7, 11) is 0. The van der Waals surface area contributed by atoms with Gasteiger partial charge in [-0.2, -0.15) is 0 Å². The van der Waals surface area contributed by atoms with E-state index in [0.717, 1.165) is 44.9 Å². The van der Waals surface area contributed by atoms with Gasteiger partial charge in [-0.25, -0.2) is 4.98 Å². The number of fused-ring (bicyclic) bond motifs is 3. The van der Waals surface area contributed by atoms with E-state index < -0.39 is 0 Å². The fourth-order valence-electron chi connectivity index (χ4n) is 4.31. The average Bonchev–Trinajstić information content (AvgIpc) is 2.89. The van der Waals surface area contributed by atoms with Crippen molar-refractivity contribution in [1.82, 2.24) is 15.0 Å². The molecule has 0 unspecified atom stereocenters. The Kier molecular flexibility index (Phi) is 4.96. The Labute approximate surface area is 200 Å². The van der Waals surface area contributed by atoms with Gasteiger partial charge >= 0.3 is 0 Å². The normalized spacial score (nSPS) is 12.4. The Morgan fingerprint density at radius 3 is 2.12 bits per heavy atom. The number of nitrogens with zero attached hydrogens (tertiary/aromatic N) is 3. The Balaban J connectivity index is 1.65. The second kappa shape index (κ2) is 8.26. The minimum atomic E-state index is 0.824. The lowest BCUT2D eigenvalue weighted by atomic mass is 9.92. The van der Waals surface area contributed by atoms with Crippen LogP contribution >= 0.6 is 15.9 Å². The Hall–Kier alpha value is -3.83. The van der Waals surface area contributed by atoms with Crippen LogP contribution in [0.15, 0.2) is 95.7 Å². The number of halogens is 1. The molecule has 33 heavy (non-hydrogen) atoms. The molecular weight excluding hydrogens is 472 g/mol. The van der Waals surface area contributed by atoms with Crippen molar-refractivity contribution in [2.75, 3.05) is 11.9 Å². The van der Waals surface area contributed by atoms with E-state index in [0.29, 0.717) is 0 Å². The van der Waals surface area contributed by atoms with Gasteiger partial charge in [0.05, 0.1) is 22.8 Å². The summed E-state index contributed by atoms with van der Waals surface area (Å²) < 4.78 is 1.06. The molecule has 0 spiro atoms. The number of pyridine rings is 3. The summed E-state index contributed by atoms with van der Waals surface area (Å²) in [6.07, 6.45) is 7.94. The quantitative estimate of drug-likeness (QED) is 0.289. The lowest BCUT2D eigenvalue weighted by Crippen LogP contribution is -2.05. The van der Waals surface area contributed by atoms with Crippen LogP contribution in [-0.2, 0) is 0 Å². The van der Waals surface area contributed by atoms with Crippen LogP contribution in [0.4, 0.5) is 5.69 Å². The molecular formula is C28H19BrN4. The first-order valence-electron chi connectivity index (χ1n) is 10.8. The number of hydrogen-bond donors (Lipinski definition) is 1. The Bertz CT molecular complexity index is 1450. The summed E-state index contributed by atoms with van der Waals surface area (Å²) in [5, 5.41) is 5.92. The van der Waals surface area contributed by atoms with Gasteiger partial charge in [0.25, 0.3) is 0 Å². The van der Waals surface area contributed by atoms with Crippen LogP contribution in [0.25, 0.3) is 50.8 Å². The number of aromatic nitrogens is 3. The maximum atomic E-state index is 4.92. The largest absolute Gasteiger partial charge is 0.381 e. The van der Waals surface area contributed by atoms with Gasteiger partial charge in [-0.15, -0.1) is 0 Å². The number of rotatable bonds is 3. The highest BCUT2D eigenvalue weighted by Gasteiger charge is 2.17. The van der Waals surface area contributed by atoms with E-state index in [1.165, 1.54) is 22.0 Å². The molecule has 1 aliphatic heterocycles. The monoisotopic (exact) mass is 490 g/mol. The molecule has 1 N–H and O–H groups in total. The summed E-state index contributed by atoms with van der Waals surface area (Å²) >= 11 is 3.65. The molecule has 0 amide bonds. The first-order chi connectivity index (χ1) is 16.3. The predicted molar refractivity (Wildman–Crippen MR) is 139 cm³/mol. The molecule has 0 fully saturated rings. The lowest BCUT2D eigenvalue weighted by molar-refractivity contribution is 1.22. The third-order valence-electron chi connectivity index (χ3n) is 5.81. The van der Waals surface area contributed by atoms with E-state index in [9.17, 15) is 0 Å². The molecule has 0 aliphatic carbocycles. The summed E-state index contributed by atoms with van der Waals surface area (Å²) in [6.45, 7) is 0.830. The maximum Gasteiger partial charge on any atom is 0.0900 e. The van der Waals surface area contributed by atoms with Crippen molar-refractivity contribution in [2.45, 2.75) is 0 Å². The van der Waals surface area contributed by atoms with Crippen molar-refractivity contribution < 1.29 is 0 Å². The van der Waals surface area contributed by atoms with Crippen LogP contribution in [0.2, 0.25) is 0 Å². The van der Waals surface area contributed by atoms with Crippen LogP contribution in [0.1, 0.15) is 5.56 Å². The minimum Gasteiger partial charge on any atom is -0.381 e. The van der Waals surface area contributed by atoms with Crippen molar-refractivity contribution in [1.29, 1.82) is 0 Å². The number of anilines is 1. The molecule has 6 rings (SSSR count). The Morgan fingerprint density at radius 1 is 0.727 bits per heavy atom. The van der Waals surface area contributed by atoms with Gasteiger partial charge in [-0.1, -0.05) is 46.3 Å². The topological polar surface area (TPSA) is 50.7 Å². The molecule has 5 aromatic rings. The molecule has 158 valence electrons. The molecule has 0 saturated carbocycles. The molecule has 0 radical (unpaired) electrons. The molecule has 4 heterocycles. The van der Waals surface area contributed by atoms with E-state index in [1.54, 1.807) is 12.4 Å². The number of nitrogens with one attached hydrogen (secondary N) is 1. The number of hydrogen-bond acceptors (Lipinski definition) is 4. The standard InChI is InChI=1S/C28H19BrN4/c29-20-9-10-21-22(14-18-6-5-13-32-28(18)23(21)17-20)19-15-26(24-7-1-3-11-30-24)33-27(16-19)25-8-2-4-12-31-25/h1-12,14-17,32H,13H2. The van der Waals surface area contributed by atoms with E-state index in [1.807, 2.05) is 36.4 Å². The van der Waals surface area contributed by atoms with Gasteiger partial charge in [0.2, 0.25) is 0 Å². The highest BCUT2D eigenvalue weighted by atomic mass is 79.9. The van der Waals surface area contributed by atoms with Gasteiger partial charge in [0, 0.05) is 34.5 Å². The van der Waals surface area contributed by atoms with Gasteiger partial charge in [-0.05, 0) is 76.7 Å². The van der Waals surface area contributed by atoms with Crippen LogP contribution in [-0.4, -0.2) is 21.5 Å². The highest BCUT2D eigenvalue weighted by Crippen LogP contribution is 2.40. The molecule has 0 atom stereocenters. The van der Waals surface area contributed by atoms with Crippen LogP contribution in [0, 0.1) is 0 Å². The first kappa shape index (κ1) is 19.8. The summed E-state index contributed by atoms with van der Waals surface area (Å²) in [4.78, 5) is 14.0. The second-order valence-corrected chi connectivity index (χ2v) is 8.83. The Morgan fingerprint density at radius 2 is 1.45 bits per heavy atom. The molecule has 1 aliphatic rings. The van der Waals surface area contributed by atoms with Gasteiger partial charge < -0.3 is 5.32 Å². The highest BCUT2D eigenvalue weighted by molar-refractivity contribution is 9.10. The first-order valence-corrected chi connectivity index (χ1v) is 11.6. The van der Waals surface area contributed by atoms with Crippen molar-refractivity contribution in [3.63, 3.8) is 0 Å². The molecule has 0 saturated heterocycles. The van der Waals surface area contributed by atoms with Crippen LogP contribution in [0.5, 0.6) is 0 Å². The zero-order valence-corrected chi connectivity index (χ0v) is 19.3. The summed E-state index contributed by atoms with van der Waals surface area (Å²) in [5.74, 6) is 0. The molecule has 2 aromatic carbocycles. The third kappa shape index (κ3) is 3.70. The molecule has 3 aromatic heterocycles. The van der Waals surface area contributed by atoms with E-state index >= 15 is 0 Å². The predicted octanol–water partition coefficient (Wildman–Crippen LogP) is 7.23. The van der Waals surface area contributed by atoms with E-state index in [-0.39, 0.29) is 0 Å². The van der Waals surface area contributed by atoms with Gasteiger partial charge in [0.1, 0.15) is 0 Å². The molecule has 5 heteroatoms. The summed E-state index contributed by atoms with van der Waals surface area (Å²) in [5.41, 5.74) is 7.91. The minimum absolute atomic E-state index is 0.824. The molecule has 4 nitrogen and oxygen atoms in total. The zero-order valence-electron chi connectivity index (χ0n) is 17.7. The van der Waals surface area contributed by atoms with Crippen LogP contribution in [0.3, 0.4) is 0 Å². The maximum absolute atomic E-state index is 4.92. The SMILES string of the molecule is Brc1ccc2c(-c3cc(-c4ccccn4)nc(-c4ccccn4)c3)cc3c(c2c1)NCC=C3. The van der Waals surface area contributed by atoms with Crippen molar-refractivity contribution in [3.05, 3.63) is 101 Å². The smallest absolute Gasteiger partial charge is 0.0900 e. The van der Waals surface area contributed by atoms with Gasteiger partial charge in [0.15, 0.2) is 0 Å². The number of benzene rings is 2. The fourth-order valence-corrected chi connectivity index (χ4v) is 4.67. The van der Waals surface area contributed by atoms with E-state index in [2.05, 4.69) is 79.8 Å². The van der Waals surface area contributed by atoms with Gasteiger partial charge in [-0.3, -0.25) is 9.97 Å². The average molecular weight is 491 g/mol. The zero-order chi connectivity index (χ0) is 22.2. The lowest BCUT2D eigenvalue weighted by Gasteiger charge is -2.20. The second-order valence-electron chi connectivity index (χ2n) is 7.92. The van der Waals surface area contributed by atoms with Crippen molar-refractivity contribution >= 4 is 38.5 Å². The summed E-state index contributed by atoms with van der Waals surface area (Å²) in [6, 6.07) is 24.7. The van der Waals surface area contributed by atoms with Crippen molar-refractivity contribution in [3.8, 4) is 33.9 Å².